The first-order chi connectivity index (χ1) is 8.65. The molecule has 2 aromatic heterocycles. The van der Waals surface area contributed by atoms with Gasteiger partial charge >= 0.3 is 0 Å². The number of aromatic nitrogens is 2. The number of hydrogen-bond donors (Lipinski definition) is 1. The lowest BCUT2D eigenvalue weighted by molar-refractivity contribution is 0.178. The molecule has 1 atom stereocenters. The molecule has 0 bridgehead atoms. The second-order valence-electron chi connectivity index (χ2n) is 4.48. The number of hydrogen-bond acceptors (Lipinski definition) is 3. The van der Waals surface area contributed by atoms with Gasteiger partial charge in [0.1, 0.15) is 0 Å². The van der Waals surface area contributed by atoms with Crippen LogP contribution in [0.25, 0.3) is 0 Å². The Balaban J connectivity index is 2.18. The van der Waals surface area contributed by atoms with E-state index in [2.05, 4.69) is 31.1 Å². The molecule has 2 heterocycles. The molecule has 0 aromatic carbocycles. The lowest BCUT2D eigenvalue weighted by atomic mass is 10.1. The lowest BCUT2D eigenvalue weighted by Crippen LogP contribution is -2.08. The van der Waals surface area contributed by atoms with Crippen LogP contribution in [0.2, 0.25) is 0 Å². The molecular formula is C14H20N2OS. The van der Waals surface area contributed by atoms with E-state index < -0.39 is 6.10 Å². The van der Waals surface area contributed by atoms with Gasteiger partial charge in [-0.2, -0.15) is 5.10 Å². The van der Waals surface area contributed by atoms with E-state index in [4.69, 9.17) is 0 Å². The van der Waals surface area contributed by atoms with Crippen molar-refractivity contribution in [2.75, 3.05) is 0 Å². The Morgan fingerprint density at radius 2 is 2.22 bits per heavy atom. The second kappa shape index (κ2) is 5.67. The van der Waals surface area contributed by atoms with Crippen LogP contribution in [0.3, 0.4) is 0 Å². The van der Waals surface area contributed by atoms with E-state index in [1.165, 1.54) is 5.56 Å². The molecule has 0 fully saturated rings. The topological polar surface area (TPSA) is 38.0 Å². The Morgan fingerprint density at radius 1 is 1.44 bits per heavy atom. The molecule has 98 valence electrons. The average molecular weight is 264 g/mol. The van der Waals surface area contributed by atoms with Crippen LogP contribution in [-0.4, -0.2) is 14.9 Å². The summed E-state index contributed by atoms with van der Waals surface area (Å²) in [5.74, 6) is 0. The van der Waals surface area contributed by atoms with E-state index in [1.54, 1.807) is 11.3 Å². The molecule has 0 spiro atoms. The molecule has 1 N–H and O–H groups in total. The smallest absolute Gasteiger partial charge is 0.0939 e. The first-order valence-corrected chi connectivity index (χ1v) is 7.31. The van der Waals surface area contributed by atoms with Crippen molar-refractivity contribution in [2.24, 2.45) is 0 Å². The fourth-order valence-electron chi connectivity index (χ4n) is 2.14. The first kappa shape index (κ1) is 13.3. The van der Waals surface area contributed by atoms with Crippen molar-refractivity contribution in [3.05, 3.63) is 39.3 Å². The molecule has 0 radical (unpaired) electrons. The van der Waals surface area contributed by atoms with E-state index in [1.807, 2.05) is 17.0 Å². The van der Waals surface area contributed by atoms with Crippen LogP contribution in [0, 0.1) is 6.92 Å². The van der Waals surface area contributed by atoms with E-state index in [9.17, 15) is 5.11 Å². The van der Waals surface area contributed by atoms with Crippen molar-refractivity contribution >= 4 is 11.3 Å². The first-order valence-electron chi connectivity index (χ1n) is 6.43. The van der Waals surface area contributed by atoms with Gasteiger partial charge in [-0.25, -0.2) is 0 Å². The minimum atomic E-state index is -0.420. The highest BCUT2D eigenvalue weighted by Crippen LogP contribution is 2.26. The van der Waals surface area contributed by atoms with Crippen LogP contribution in [0.15, 0.2) is 17.5 Å². The Bertz CT molecular complexity index is 516. The summed E-state index contributed by atoms with van der Waals surface area (Å²) in [6, 6.07) is 4.16. The van der Waals surface area contributed by atoms with Gasteiger partial charge in [0.05, 0.1) is 11.8 Å². The molecule has 0 saturated carbocycles. The zero-order valence-electron chi connectivity index (χ0n) is 11.2. The summed E-state index contributed by atoms with van der Waals surface area (Å²) < 4.78 is 1.99. The maximum Gasteiger partial charge on any atom is 0.0939 e. The highest BCUT2D eigenvalue weighted by Gasteiger charge is 2.15. The molecule has 0 saturated heterocycles. The van der Waals surface area contributed by atoms with Crippen molar-refractivity contribution in [2.45, 2.75) is 46.3 Å². The molecular weight excluding hydrogens is 244 g/mol. The van der Waals surface area contributed by atoms with Gasteiger partial charge in [-0.05, 0) is 43.3 Å². The molecule has 0 amide bonds. The molecule has 1 unspecified atom stereocenters. The maximum absolute atomic E-state index is 10.3. The Hall–Kier alpha value is -1.13. The van der Waals surface area contributed by atoms with Gasteiger partial charge in [-0.15, -0.1) is 11.3 Å². The molecule has 18 heavy (non-hydrogen) atoms. The molecule has 3 nitrogen and oxygen atoms in total. The Labute approximate surface area is 112 Å². The predicted octanol–water partition coefficient (Wildman–Crippen LogP) is 3.11. The Kier molecular flexibility index (Phi) is 4.19. The van der Waals surface area contributed by atoms with E-state index in [0.717, 1.165) is 29.2 Å². The second-order valence-corrected chi connectivity index (χ2v) is 5.43. The molecule has 0 aliphatic carbocycles. The molecule has 4 heteroatoms. The highest BCUT2D eigenvalue weighted by atomic mass is 32.1. The summed E-state index contributed by atoms with van der Waals surface area (Å²) in [7, 11) is 0. The zero-order chi connectivity index (χ0) is 13.1. The number of thiophene rings is 1. The number of rotatable bonds is 5. The quantitative estimate of drug-likeness (QED) is 0.901. The third-order valence-corrected chi connectivity index (χ3v) is 4.30. The van der Waals surface area contributed by atoms with Gasteiger partial charge in [0.15, 0.2) is 0 Å². The largest absolute Gasteiger partial charge is 0.387 e. The average Bonchev–Trinajstić information content (AvgIpc) is 2.95. The summed E-state index contributed by atoms with van der Waals surface area (Å²) >= 11 is 1.62. The van der Waals surface area contributed by atoms with Gasteiger partial charge in [0, 0.05) is 23.5 Å². The van der Waals surface area contributed by atoms with Gasteiger partial charge in [0.25, 0.3) is 0 Å². The highest BCUT2D eigenvalue weighted by molar-refractivity contribution is 7.10. The summed E-state index contributed by atoms with van der Waals surface area (Å²) in [6.45, 7) is 7.08. The molecule has 0 aliphatic heterocycles. The monoisotopic (exact) mass is 264 g/mol. The van der Waals surface area contributed by atoms with Crippen LogP contribution in [0.5, 0.6) is 0 Å². The summed E-state index contributed by atoms with van der Waals surface area (Å²) in [5, 5.41) is 16.9. The fourth-order valence-corrected chi connectivity index (χ4v) is 3.06. The fraction of sp³-hybridized carbons (Fsp3) is 0.500. The zero-order valence-corrected chi connectivity index (χ0v) is 12.0. The van der Waals surface area contributed by atoms with Gasteiger partial charge < -0.3 is 5.11 Å². The van der Waals surface area contributed by atoms with Crippen molar-refractivity contribution in [3.63, 3.8) is 0 Å². The van der Waals surface area contributed by atoms with Crippen LogP contribution < -0.4 is 0 Å². The van der Waals surface area contributed by atoms with Crippen LogP contribution in [0.1, 0.15) is 41.8 Å². The van der Waals surface area contributed by atoms with E-state index in [0.29, 0.717) is 6.42 Å². The third-order valence-electron chi connectivity index (χ3n) is 3.18. The van der Waals surface area contributed by atoms with Crippen LogP contribution >= 0.6 is 11.3 Å². The van der Waals surface area contributed by atoms with Gasteiger partial charge in [-0.3, -0.25) is 4.68 Å². The van der Waals surface area contributed by atoms with Crippen molar-refractivity contribution in [1.29, 1.82) is 0 Å². The van der Waals surface area contributed by atoms with Crippen molar-refractivity contribution < 1.29 is 5.11 Å². The van der Waals surface area contributed by atoms with Gasteiger partial charge in [0.2, 0.25) is 0 Å². The van der Waals surface area contributed by atoms with Crippen molar-refractivity contribution in [1.82, 2.24) is 9.78 Å². The molecule has 0 aliphatic rings. The lowest BCUT2D eigenvalue weighted by Gasteiger charge is -2.11. The minimum Gasteiger partial charge on any atom is -0.387 e. The van der Waals surface area contributed by atoms with E-state index >= 15 is 0 Å². The molecule has 2 aromatic rings. The normalized spacial score (nSPS) is 12.9. The van der Waals surface area contributed by atoms with Crippen LogP contribution in [-0.2, 0) is 19.4 Å². The number of aliphatic hydroxyl groups is 1. The maximum atomic E-state index is 10.3. The summed E-state index contributed by atoms with van der Waals surface area (Å²) in [5.41, 5.74) is 3.39. The van der Waals surface area contributed by atoms with Crippen molar-refractivity contribution in [3.8, 4) is 0 Å². The Morgan fingerprint density at radius 3 is 2.78 bits per heavy atom. The summed E-state index contributed by atoms with van der Waals surface area (Å²) in [6.07, 6.45) is 1.16. The van der Waals surface area contributed by atoms with E-state index in [-0.39, 0.29) is 0 Å². The molecule has 2 rings (SSSR count). The minimum absolute atomic E-state index is 0.420. The SMILES string of the molecule is CCc1cc(CC(O)c2sccc2C)n(CC)n1. The number of aliphatic hydroxyl groups excluding tert-OH is 1. The van der Waals surface area contributed by atoms with Gasteiger partial charge in [-0.1, -0.05) is 6.92 Å². The number of aryl methyl sites for hydroxylation is 3. The standard InChI is InChI=1S/C14H20N2OS/c1-4-11-8-12(16(5-2)15-11)9-13(17)14-10(3)6-7-18-14/h6-8,13,17H,4-5,9H2,1-3H3. The number of nitrogens with zero attached hydrogens (tertiary/aromatic N) is 2. The third kappa shape index (κ3) is 2.65. The summed E-state index contributed by atoms with van der Waals surface area (Å²) in [4.78, 5) is 1.07. The predicted molar refractivity (Wildman–Crippen MR) is 75.0 cm³/mol. The van der Waals surface area contributed by atoms with Crippen LogP contribution in [0.4, 0.5) is 0 Å².